The molecule has 1 aliphatic carbocycles. The van der Waals surface area contributed by atoms with E-state index in [-0.39, 0.29) is 53.8 Å². The fraction of sp³-hybridized carbons (Fsp3) is 0.448. The molecule has 0 saturated heterocycles. The minimum Gasteiger partial charge on any atom is -0.384 e. The van der Waals surface area contributed by atoms with Gasteiger partial charge in [-0.2, -0.15) is 0 Å². The molecule has 216 valence electrons. The van der Waals surface area contributed by atoms with Crippen LogP contribution in [0, 0.1) is 0 Å². The van der Waals surface area contributed by atoms with Crippen LogP contribution in [0.2, 0.25) is 0 Å². The van der Waals surface area contributed by atoms with E-state index in [0.29, 0.717) is 48.4 Å². The standard InChI is InChI=1S/C29H37N3O8/c1-37-24(38-2)16-18(33)8-7-13-30-21-11-12-22(31-14-15-32-23(34)17-25(39-3)40-4)27-26(21)28(35)19-9-5-6-10-20(19)29(27)36/h5-6,9-12,24-25,30-31H,7-8,13-17H2,1-4H3,(H,32,34). The van der Waals surface area contributed by atoms with Gasteiger partial charge in [-0.25, -0.2) is 0 Å². The van der Waals surface area contributed by atoms with Gasteiger partial charge in [-0.3, -0.25) is 19.2 Å². The first-order chi connectivity index (χ1) is 19.3. The Hall–Kier alpha value is -3.64. The Kier molecular flexibility index (Phi) is 11.8. The lowest BCUT2D eigenvalue weighted by Gasteiger charge is -2.24. The zero-order valence-corrected chi connectivity index (χ0v) is 23.3. The number of benzene rings is 2. The second kappa shape index (κ2) is 15.2. The van der Waals surface area contributed by atoms with E-state index in [9.17, 15) is 19.2 Å². The van der Waals surface area contributed by atoms with Crippen molar-refractivity contribution in [2.45, 2.75) is 38.3 Å². The quantitative estimate of drug-likeness (QED) is 0.168. The molecule has 0 aromatic heterocycles. The molecule has 0 fully saturated rings. The first kappa shape index (κ1) is 30.9. The van der Waals surface area contributed by atoms with Crippen LogP contribution in [0.1, 0.15) is 57.5 Å². The van der Waals surface area contributed by atoms with E-state index in [2.05, 4.69) is 16.0 Å². The number of ether oxygens (including phenoxy) is 4. The minimum absolute atomic E-state index is 0.00399. The summed E-state index contributed by atoms with van der Waals surface area (Å²) in [5, 5.41) is 9.19. The molecule has 2 aromatic rings. The summed E-state index contributed by atoms with van der Waals surface area (Å²) in [6.07, 6.45) is -0.149. The third-order valence-electron chi connectivity index (χ3n) is 6.58. The van der Waals surface area contributed by atoms with Crippen molar-refractivity contribution in [3.8, 4) is 0 Å². The summed E-state index contributed by atoms with van der Waals surface area (Å²) < 4.78 is 20.2. The molecule has 0 bridgehead atoms. The SMILES string of the molecule is COC(CC(=O)CCCNc1ccc(NCCNC(=O)CC(OC)OC)c2c1C(=O)c1ccccc1C2=O)OC. The maximum Gasteiger partial charge on any atom is 0.225 e. The van der Waals surface area contributed by atoms with Crippen molar-refractivity contribution in [1.82, 2.24) is 5.32 Å². The Morgan fingerprint density at radius 1 is 0.700 bits per heavy atom. The summed E-state index contributed by atoms with van der Waals surface area (Å²) in [5.74, 6) is -0.752. The lowest BCUT2D eigenvalue weighted by atomic mass is 9.82. The van der Waals surface area contributed by atoms with E-state index in [1.54, 1.807) is 36.4 Å². The molecule has 11 heteroatoms. The van der Waals surface area contributed by atoms with Gasteiger partial charge in [0.05, 0.1) is 24.0 Å². The Morgan fingerprint density at radius 3 is 1.73 bits per heavy atom. The molecule has 11 nitrogen and oxygen atoms in total. The van der Waals surface area contributed by atoms with E-state index < -0.39 is 12.6 Å². The van der Waals surface area contributed by atoms with Crippen molar-refractivity contribution in [3.05, 3.63) is 58.7 Å². The van der Waals surface area contributed by atoms with Gasteiger partial charge in [-0.15, -0.1) is 0 Å². The fourth-order valence-corrected chi connectivity index (χ4v) is 4.46. The molecule has 0 unspecified atom stereocenters. The summed E-state index contributed by atoms with van der Waals surface area (Å²) in [6.45, 7) is 1.03. The summed E-state index contributed by atoms with van der Waals surface area (Å²) in [4.78, 5) is 51.4. The summed E-state index contributed by atoms with van der Waals surface area (Å²) in [5.41, 5.74) is 2.26. The zero-order chi connectivity index (χ0) is 29.1. The molecule has 2 aromatic carbocycles. The lowest BCUT2D eigenvalue weighted by Crippen LogP contribution is -2.32. The van der Waals surface area contributed by atoms with E-state index in [1.165, 1.54) is 28.4 Å². The van der Waals surface area contributed by atoms with Gasteiger partial charge in [0.1, 0.15) is 5.78 Å². The lowest BCUT2D eigenvalue weighted by molar-refractivity contribution is -0.139. The Labute approximate surface area is 233 Å². The number of amides is 1. The summed E-state index contributed by atoms with van der Waals surface area (Å²) in [7, 11) is 5.88. The van der Waals surface area contributed by atoms with Crippen LogP contribution in [0.15, 0.2) is 36.4 Å². The average Bonchev–Trinajstić information content (AvgIpc) is 2.97. The van der Waals surface area contributed by atoms with Crippen LogP contribution in [0.4, 0.5) is 11.4 Å². The Bertz CT molecular complexity index is 1120. The molecular formula is C29H37N3O8. The second-order valence-electron chi connectivity index (χ2n) is 9.17. The van der Waals surface area contributed by atoms with Gasteiger partial charge in [0, 0.05) is 77.0 Å². The molecule has 3 N–H and O–H groups in total. The third kappa shape index (κ3) is 7.72. The smallest absolute Gasteiger partial charge is 0.225 e. The number of nitrogens with one attached hydrogen (secondary N) is 3. The van der Waals surface area contributed by atoms with Crippen molar-refractivity contribution >= 4 is 34.6 Å². The van der Waals surface area contributed by atoms with E-state index in [0.717, 1.165) is 0 Å². The van der Waals surface area contributed by atoms with Gasteiger partial charge in [-0.1, -0.05) is 24.3 Å². The van der Waals surface area contributed by atoms with Crippen molar-refractivity contribution in [3.63, 3.8) is 0 Å². The molecule has 1 amide bonds. The molecule has 40 heavy (non-hydrogen) atoms. The average molecular weight is 556 g/mol. The van der Waals surface area contributed by atoms with Gasteiger partial charge < -0.3 is 34.9 Å². The van der Waals surface area contributed by atoms with Gasteiger partial charge >= 0.3 is 0 Å². The third-order valence-corrected chi connectivity index (χ3v) is 6.58. The van der Waals surface area contributed by atoms with Gasteiger partial charge in [-0.05, 0) is 18.6 Å². The Morgan fingerprint density at radius 2 is 1.20 bits per heavy atom. The first-order valence-corrected chi connectivity index (χ1v) is 13.1. The van der Waals surface area contributed by atoms with Crippen LogP contribution in [0.3, 0.4) is 0 Å². The highest BCUT2D eigenvalue weighted by Crippen LogP contribution is 2.36. The highest BCUT2D eigenvalue weighted by atomic mass is 16.7. The molecule has 0 saturated carbocycles. The zero-order valence-electron chi connectivity index (χ0n) is 23.3. The molecule has 1 aliphatic rings. The molecule has 0 radical (unpaired) electrons. The van der Waals surface area contributed by atoms with Crippen LogP contribution >= 0.6 is 0 Å². The maximum absolute atomic E-state index is 13.6. The van der Waals surface area contributed by atoms with E-state index in [1.807, 2.05) is 0 Å². The van der Waals surface area contributed by atoms with Crippen molar-refractivity contribution in [2.75, 3.05) is 58.7 Å². The number of anilines is 2. The van der Waals surface area contributed by atoms with Crippen LogP contribution in [0.25, 0.3) is 0 Å². The van der Waals surface area contributed by atoms with Crippen molar-refractivity contribution in [2.24, 2.45) is 0 Å². The maximum atomic E-state index is 13.6. The van der Waals surface area contributed by atoms with E-state index in [4.69, 9.17) is 18.9 Å². The van der Waals surface area contributed by atoms with Crippen LogP contribution < -0.4 is 16.0 Å². The number of carbonyl (C=O) groups is 4. The highest BCUT2D eigenvalue weighted by molar-refractivity contribution is 6.31. The largest absolute Gasteiger partial charge is 0.384 e. The Balaban J connectivity index is 1.71. The molecule has 0 spiro atoms. The first-order valence-electron chi connectivity index (χ1n) is 13.1. The molecule has 0 heterocycles. The fourth-order valence-electron chi connectivity index (χ4n) is 4.46. The number of ketones is 3. The number of Topliss-reactive ketones (excluding diaryl/α,β-unsaturated/α-hetero) is 1. The van der Waals surface area contributed by atoms with E-state index >= 15 is 0 Å². The summed E-state index contributed by atoms with van der Waals surface area (Å²) in [6, 6.07) is 10.2. The van der Waals surface area contributed by atoms with Gasteiger partial charge in [0.25, 0.3) is 0 Å². The number of hydrogen-bond donors (Lipinski definition) is 3. The van der Waals surface area contributed by atoms with Crippen molar-refractivity contribution < 1.29 is 38.1 Å². The monoisotopic (exact) mass is 555 g/mol. The van der Waals surface area contributed by atoms with Crippen LogP contribution in [-0.4, -0.2) is 83.9 Å². The number of rotatable bonds is 17. The van der Waals surface area contributed by atoms with Crippen LogP contribution in [0.5, 0.6) is 0 Å². The number of hydrogen-bond acceptors (Lipinski definition) is 10. The molecular weight excluding hydrogens is 518 g/mol. The predicted octanol–water partition coefficient (Wildman–Crippen LogP) is 2.77. The number of carbonyl (C=O) groups excluding carboxylic acids is 4. The van der Waals surface area contributed by atoms with Crippen LogP contribution in [-0.2, 0) is 28.5 Å². The number of fused-ring (bicyclic) bond motifs is 2. The number of methoxy groups -OCH3 is 4. The highest BCUT2D eigenvalue weighted by Gasteiger charge is 2.33. The van der Waals surface area contributed by atoms with Gasteiger partial charge in [0.2, 0.25) is 5.91 Å². The second-order valence-corrected chi connectivity index (χ2v) is 9.17. The topological polar surface area (TPSA) is 141 Å². The normalized spacial score (nSPS) is 12.3. The molecule has 0 aliphatic heterocycles. The molecule has 0 atom stereocenters. The summed E-state index contributed by atoms with van der Waals surface area (Å²) >= 11 is 0. The predicted molar refractivity (Wildman–Crippen MR) is 149 cm³/mol. The van der Waals surface area contributed by atoms with Crippen molar-refractivity contribution in [1.29, 1.82) is 0 Å². The van der Waals surface area contributed by atoms with Gasteiger partial charge in [0.15, 0.2) is 24.1 Å². The molecule has 3 rings (SSSR count). The minimum atomic E-state index is -0.630.